The van der Waals surface area contributed by atoms with Crippen LogP contribution >= 0.6 is 15.9 Å². The maximum atomic E-state index is 3.46. The Bertz CT molecular complexity index is 315. The Morgan fingerprint density at radius 2 is 1.80 bits per heavy atom. The van der Waals surface area contributed by atoms with Crippen molar-refractivity contribution in [2.75, 3.05) is 14.1 Å². The number of hydrogen-bond acceptors (Lipinski definition) is 2. The minimum absolute atomic E-state index is 0.661. The van der Waals surface area contributed by atoms with E-state index in [1.807, 2.05) is 19.1 Å². The van der Waals surface area contributed by atoms with E-state index in [4.69, 9.17) is 0 Å². The molecule has 0 heterocycles. The second-order valence-corrected chi connectivity index (χ2v) is 5.36. The van der Waals surface area contributed by atoms with Crippen LogP contribution in [0.25, 0.3) is 0 Å². The lowest BCUT2D eigenvalue weighted by Gasteiger charge is -2.38. The monoisotopic (exact) mass is 268 g/mol. The van der Waals surface area contributed by atoms with E-state index < -0.39 is 0 Å². The number of hydrazine groups is 1. The first kappa shape index (κ1) is 11.1. The van der Waals surface area contributed by atoms with Gasteiger partial charge in [-0.15, -0.1) is 0 Å². The highest BCUT2D eigenvalue weighted by atomic mass is 79.9. The van der Waals surface area contributed by atoms with Gasteiger partial charge in [0.25, 0.3) is 0 Å². The van der Waals surface area contributed by atoms with Crippen molar-refractivity contribution >= 4 is 15.9 Å². The molecule has 0 bridgehead atoms. The summed E-state index contributed by atoms with van der Waals surface area (Å²) in [6.07, 6.45) is 2.50. The van der Waals surface area contributed by atoms with Crippen LogP contribution in [0.2, 0.25) is 0 Å². The van der Waals surface area contributed by atoms with Gasteiger partial charge >= 0.3 is 0 Å². The zero-order chi connectivity index (χ0) is 10.8. The van der Waals surface area contributed by atoms with E-state index in [0.29, 0.717) is 6.04 Å². The maximum absolute atomic E-state index is 3.46. The van der Waals surface area contributed by atoms with Crippen LogP contribution in [-0.4, -0.2) is 25.1 Å². The first-order valence-corrected chi connectivity index (χ1v) is 6.13. The van der Waals surface area contributed by atoms with E-state index in [1.54, 1.807) is 0 Å². The van der Waals surface area contributed by atoms with Crippen LogP contribution in [0.1, 0.15) is 24.3 Å². The molecule has 0 amide bonds. The molecule has 0 saturated heterocycles. The summed E-state index contributed by atoms with van der Waals surface area (Å²) in [5, 5.41) is 2.04. The third-order valence-electron chi connectivity index (χ3n) is 2.92. The number of nitrogens with one attached hydrogen (secondary N) is 1. The van der Waals surface area contributed by atoms with Crippen LogP contribution < -0.4 is 5.43 Å². The van der Waals surface area contributed by atoms with Crippen molar-refractivity contribution < 1.29 is 0 Å². The highest BCUT2D eigenvalue weighted by Gasteiger charge is 2.30. The van der Waals surface area contributed by atoms with E-state index in [0.717, 1.165) is 10.4 Å². The minimum atomic E-state index is 0.661. The Kier molecular flexibility index (Phi) is 3.44. The number of hydrogen-bond donors (Lipinski definition) is 1. The van der Waals surface area contributed by atoms with Gasteiger partial charge in [-0.05, 0) is 36.5 Å². The quantitative estimate of drug-likeness (QED) is 0.849. The Morgan fingerprint density at radius 1 is 1.20 bits per heavy atom. The van der Waals surface area contributed by atoms with Crippen LogP contribution in [0.15, 0.2) is 28.7 Å². The van der Waals surface area contributed by atoms with E-state index >= 15 is 0 Å². The van der Waals surface area contributed by atoms with Crippen LogP contribution in [0.3, 0.4) is 0 Å². The zero-order valence-electron chi connectivity index (χ0n) is 9.20. The van der Waals surface area contributed by atoms with Crippen molar-refractivity contribution in [2.45, 2.75) is 24.8 Å². The van der Waals surface area contributed by atoms with Gasteiger partial charge in [0, 0.05) is 24.6 Å². The van der Waals surface area contributed by atoms with Crippen molar-refractivity contribution in [3.8, 4) is 0 Å². The Labute approximate surface area is 99.8 Å². The molecule has 1 N–H and O–H groups in total. The molecular formula is C12H17BrN2. The highest BCUT2D eigenvalue weighted by Crippen LogP contribution is 2.37. The molecule has 82 valence electrons. The standard InChI is InChI=1S/C12H17BrN2/c1-15(2)14-12-7-10(8-12)9-3-5-11(13)6-4-9/h3-6,10,12,14H,7-8H2,1-2H3. The van der Waals surface area contributed by atoms with Gasteiger partial charge in [0.15, 0.2) is 0 Å². The molecule has 2 rings (SSSR count). The SMILES string of the molecule is CN(C)NC1CC(c2ccc(Br)cc2)C1. The van der Waals surface area contributed by atoms with E-state index in [-0.39, 0.29) is 0 Å². The van der Waals surface area contributed by atoms with Crippen molar-refractivity contribution in [2.24, 2.45) is 0 Å². The van der Waals surface area contributed by atoms with Crippen molar-refractivity contribution in [1.82, 2.24) is 10.4 Å². The molecule has 0 spiro atoms. The summed E-state index contributed by atoms with van der Waals surface area (Å²) in [5.74, 6) is 0.746. The van der Waals surface area contributed by atoms with Crippen LogP contribution in [0.4, 0.5) is 0 Å². The lowest BCUT2D eigenvalue weighted by atomic mass is 9.76. The lowest BCUT2D eigenvalue weighted by molar-refractivity contribution is 0.165. The summed E-state index contributed by atoms with van der Waals surface area (Å²) < 4.78 is 1.16. The predicted octanol–water partition coefficient (Wildman–Crippen LogP) is 2.76. The van der Waals surface area contributed by atoms with Crippen molar-refractivity contribution in [1.29, 1.82) is 0 Å². The van der Waals surface area contributed by atoms with E-state index in [1.165, 1.54) is 18.4 Å². The number of rotatable bonds is 3. The van der Waals surface area contributed by atoms with Gasteiger partial charge in [0.1, 0.15) is 0 Å². The maximum Gasteiger partial charge on any atom is 0.0226 e. The Morgan fingerprint density at radius 3 is 2.33 bits per heavy atom. The van der Waals surface area contributed by atoms with Gasteiger partial charge in [0.05, 0.1) is 0 Å². The molecule has 3 heteroatoms. The fourth-order valence-corrected chi connectivity index (χ4v) is 2.36. The van der Waals surface area contributed by atoms with E-state index in [9.17, 15) is 0 Å². The van der Waals surface area contributed by atoms with Gasteiger partial charge in [-0.2, -0.15) is 0 Å². The number of halogens is 1. The molecule has 1 aromatic carbocycles. The van der Waals surface area contributed by atoms with E-state index in [2.05, 4.69) is 45.6 Å². The molecule has 15 heavy (non-hydrogen) atoms. The molecule has 0 atom stereocenters. The molecule has 1 aliphatic rings. The molecule has 1 aromatic rings. The molecule has 2 nitrogen and oxygen atoms in total. The minimum Gasteiger partial charge on any atom is -0.253 e. The van der Waals surface area contributed by atoms with Gasteiger partial charge in [-0.3, -0.25) is 10.4 Å². The summed E-state index contributed by atoms with van der Waals surface area (Å²) in [6.45, 7) is 0. The fourth-order valence-electron chi connectivity index (χ4n) is 2.10. The van der Waals surface area contributed by atoms with Crippen LogP contribution in [0, 0.1) is 0 Å². The van der Waals surface area contributed by atoms with Crippen LogP contribution in [-0.2, 0) is 0 Å². The second kappa shape index (κ2) is 4.64. The zero-order valence-corrected chi connectivity index (χ0v) is 10.8. The van der Waals surface area contributed by atoms with Crippen LogP contribution in [0.5, 0.6) is 0 Å². The molecular weight excluding hydrogens is 252 g/mol. The largest absolute Gasteiger partial charge is 0.253 e. The second-order valence-electron chi connectivity index (χ2n) is 4.44. The van der Waals surface area contributed by atoms with Gasteiger partial charge < -0.3 is 0 Å². The summed E-state index contributed by atoms with van der Waals surface area (Å²) in [5.41, 5.74) is 4.88. The first-order valence-electron chi connectivity index (χ1n) is 5.34. The topological polar surface area (TPSA) is 15.3 Å². The average Bonchev–Trinajstić information content (AvgIpc) is 2.12. The Hall–Kier alpha value is -0.380. The molecule has 1 saturated carbocycles. The summed E-state index contributed by atoms with van der Waals surface area (Å²) in [4.78, 5) is 0. The normalized spacial score (nSPS) is 25.3. The first-order chi connectivity index (χ1) is 7.15. The average molecular weight is 269 g/mol. The number of nitrogens with zero attached hydrogens (tertiary/aromatic N) is 1. The molecule has 0 aliphatic heterocycles. The number of benzene rings is 1. The van der Waals surface area contributed by atoms with Gasteiger partial charge in [0.2, 0.25) is 0 Å². The molecule has 0 aromatic heterocycles. The smallest absolute Gasteiger partial charge is 0.0226 e. The fraction of sp³-hybridized carbons (Fsp3) is 0.500. The van der Waals surface area contributed by atoms with Crippen molar-refractivity contribution in [3.63, 3.8) is 0 Å². The predicted molar refractivity (Wildman–Crippen MR) is 66.7 cm³/mol. The molecule has 1 aliphatic carbocycles. The van der Waals surface area contributed by atoms with Gasteiger partial charge in [-0.1, -0.05) is 28.1 Å². The summed E-state index contributed by atoms with van der Waals surface area (Å²) in [7, 11) is 4.10. The molecule has 0 unspecified atom stereocenters. The molecule has 0 radical (unpaired) electrons. The third kappa shape index (κ3) is 2.80. The molecule has 1 fully saturated rings. The highest BCUT2D eigenvalue weighted by molar-refractivity contribution is 9.10. The Balaban J connectivity index is 1.86. The van der Waals surface area contributed by atoms with Gasteiger partial charge in [-0.25, -0.2) is 0 Å². The third-order valence-corrected chi connectivity index (χ3v) is 3.45. The lowest BCUT2D eigenvalue weighted by Crippen LogP contribution is -2.46. The van der Waals surface area contributed by atoms with Crippen molar-refractivity contribution in [3.05, 3.63) is 34.3 Å². The summed E-state index contributed by atoms with van der Waals surface area (Å²) in [6, 6.07) is 9.36. The summed E-state index contributed by atoms with van der Waals surface area (Å²) >= 11 is 3.46.